The van der Waals surface area contributed by atoms with E-state index in [1.807, 2.05) is 0 Å². The van der Waals surface area contributed by atoms with Gasteiger partial charge in [0, 0.05) is 0 Å². The van der Waals surface area contributed by atoms with Crippen molar-refractivity contribution in [3.63, 3.8) is 0 Å². The zero-order valence-corrected chi connectivity index (χ0v) is 6.69. The molecular formula is C5H7ClN2OS. The fraction of sp³-hybridized carbons (Fsp3) is 0.400. The predicted molar refractivity (Wildman–Crippen MR) is 41.1 cm³/mol. The van der Waals surface area contributed by atoms with Gasteiger partial charge in [0.2, 0.25) is 0 Å². The van der Waals surface area contributed by atoms with Crippen molar-refractivity contribution in [3.05, 3.63) is 15.5 Å². The lowest BCUT2D eigenvalue weighted by Gasteiger charge is -2.00. The third-order valence-corrected chi connectivity index (χ3v) is 2.26. The fourth-order valence-corrected chi connectivity index (χ4v) is 1.44. The summed E-state index contributed by atoms with van der Waals surface area (Å²) in [4.78, 5) is 3.89. The Morgan fingerprint density at radius 3 is 3.00 bits per heavy atom. The monoisotopic (exact) mass is 178 g/mol. The molecule has 1 unspecified atom stereocenters. The van der Waals surface area contributed by atoms with Gasteiger partial charge in [-0.25, -0.2) is 4.98 Å². The molecule has 0 fully saturated rings. The third-order valence-electron chi connectivity index (χ3n) is 1.01. The van der Waals surface area contributed by atoms with Gasteiger partial charge < -0.3 is 10.8 Å². The van der Waals surface area contributed by atoms with Crippen LogP contribution in [-0.4, -0.2) is 16.7 Å². The number of nitrogens with two attached hydrogens (primary N) is 1. The van der Waals surface area contributed by atoms with Gasteiger partial charge in [-0.2, -0.15) is 0 Å². The minimum absolute atomic E-state index is 0.0934. The Morgan fingerprint density at radius 1 is 1.90 bits per heavy atom. The number of rotatable bonds is 2. The van der Waals surface area contributed by atoms with Crippen LogP contribution in [0.3, 0.4) is 0 Å². The van der Waals surface area contributed by atoms with Gasteiger partial charge >= 0.3 is 0 Å². The molecule has 10 heavy (non-hydrogen) atoms. The van der Waals surface area contributed by atoms with Gasteiger partial charge in [0.25, 0.3) is 0 Å². The molecule has 0 aliphatic rings. The Morgan fingerprint density at radius 2 is 2.60 bits per heavy atom. The summed E-state index contributed by atoms with van der Waals surface area (Å²) < 4.78 is 0.596. The number of hydrogen-bond donors (Lipinski definition) is 2. The van der Waals surface area contributed by atoms with E-state index in [0.29, 0.717) is 9.34 Å². The second-order valence-electron chi connectivity index (χ2n) is 1.79. The first kappa shape index (κ1) is 7.94. The number of halogens is 1. The van der Waals surface area contributed by atoms with Gasteiger partial charge in [-0.3, -0.25) is 0 Å². The lowest BCUT2D eigenvalue weighted by atomic mass is 10.4. The molecule has 3 nitrogen and oxygen atoms in total. The molecule has 1 atom stereocenters. The van der Waals surface area contributed by atoms with Gasteiger partial charge in [-0.15, -0.1) is 11.3 Å². The van der Waals surface area contributed by atoms with Gasteiger partial charge in [0.15, 0.2) is 0 Å². The highest BCUT2D eigenvalue weighted by Crippen LogP contribution is 2.21. The molecule has 1 rings (SSSR count). The number of nitrogens with zero attached hydrogens (tertiary/aromatic N) is 1. The normalized spacial score (nSPS) is 13.5. The summed E-state index contributed by atoms with van der Waals surface area (Å²) in [6.07, 6.45) is 1.52. The molecule has 0 spiro atoms. The lowest BCUT2D eigenvalue weighted by molar-refractivity contribution is 0.267. The van der Waals surface area contributed by atoms with Crippen LogP contribution in [0.4, 0.5) is 0 Å². The molecule has 0 amide bonds. The van der Waals surface area contributed by atoms with E-state index in [2.05, 4.69) is 4.98 Å². The van der Waals surface area contributed by atoms with Gasteiger partial charge in [0.05, 0.1) is 18.8 Å². The zero-order chi connectivity index (χ0) is 7.56. The zero-order valence-electron chi connectivity index (χ0n) is 5.12. The second-order valence-corrected chi connectivity index (χ2v) is 3.49. The van der Waals surface area contributed by atoms with Crippen LogP contribution in [0.2, 0.25) is 4.34 Å². The minimum Gasteiger partial charge on any atom is -0.394 e. The van der Waals surface area contributed by atoms with E-state index in [1.54, 1.807) is 0 Å². The SMILES string of the molecule is NC(CO)c1ncc(Cl)s1. The largest absolute Gasteiger partial charge is 0.394 e. The Balaban J connectivity index is 2.74. The summed E-state index contributed by atoms with van der Waals surface area (Å²) in [5, 5.41) is 9.27. The van der Waals surface area contributed by atoms with E-state index in [-0.39, 0.29) is 6.61 Å². The molecule has 5 heteroatoms. The molecule has 0 radical (unpaired) electrons. The fourth-order valence-electron chi connectivity index (χ4n) is 0.516. The van der Waals surface area contributed by atoms with Crippen LogP contribution in [0, 0.1) is 0 Å². The number of thiazole rings is 1. The Hall–Kier alpha value is -0.160. The van der Waals surface area contributed by atoms with E-state index in [4.69, 9.17) is 22.4 Å². The van der Waals surface area contributed by atoms with Gasteiger partial charge in [-0.1, -0.05) is 11.6 Å². The molecule has 0 bridgehead atoms. The van der Waals surface area contributed by atoms with E-state index in [9.17, 15) is 0 Å². The van der Waals surface area contributed by atoms with Crippen LogP contribution in [0.25, 0.3) is 0 Å². The predicted octanol–water partition coefficient (Wildman–Crippen LogP) is 0.789. The molecule has 56 valence electrons. The Kier molecular flexibility index (Phi) is 2.62. The first-order valence-electron chi connectivity index (χ1n) is 2.71. The van der Waals surface area contributed by atoms with E-state index in [0.717, 1.165) is 0 Å². The van der Waals surface area contributed by atoms with Crippen LogP contribution in [-0.2, 0) is 0 Å². The third kappa shape index (κ3) is 1.67. The molecule has 0 aliphatic heterocycles. The van der Waals surface area contributed by atoms with Crippen molar-refractivity contribution >= 4 is 22.9 Å². The summed E-state index contributed by atoms with van der Waals surface area (Å²) in [5.74, 6) is 0. The van der Waals surface area contributed by atoms with Crippen LogP contribution < -0.4 is 5.73 Å². The molecule has 1 aromatic rings. The number of aliphatic hydroxyl groups excluding tert-OH is 1. The summed E-state index contributed by atoms with van der Waals surface area (Å²) >= 11 is 6.87. The number of aliphatic hydroxyl groups is 1. The average Bonchev–Trinajstić information content (AvgIpc) is 2.34. The average molecular weight is 179 g/mol. The molecule has 0 saturated heterocycles. The number of aromatic nitrogens is 1. The van der Waals surface area contributed by atoms with Crippen molar-refractivity contribution in [1.82, 2.24) is 4.98 Å². The molecule has 1 heterocycles. The second kappa shape index (κ2) is 3.30. The lowest BCUT2D eigenvalue weighted by Crippen LogP contribution is -2.13. The highest BCUT2D eigenvalue weighted by molar-refractivity contribution is 7.15. The molecule has 0 saturated carbocycles. The standard InChI is InChI=1S/C5H7ClN2OS/c6-4-1-8-5(10-4)3(7)2-9/h1,3,9H,2,7H2. The Labute approximate surface area is 67.5 Å². The first-order chi connectivity index (χ1) is 4.74. The van der Waals surface area contributed by atoms with Crippen molar-refractivity contribution in [2.45, 2.75) is 6.04 Å². The van der Waals surface area contributed by atoms with Crippen LogP contribution >= 0.6 is 22.9 Å². The molecular weight excluding hydrogens is 172 g/mol. The van der Waals surface area contributed by atoms with Crippen molar-refractivity contribution in [2.75, 3.05) is 6.61 Å². The molecule has 3 N–H and O–H groups in total. The van der Waals surface area contributed by atoms with Gasteiger partial charge in [0.1, 0.15) is 9.34 Å². The summed E-state index contributed by atoms with van der Waals surface area (Å²) in [7, 11) is 0. The first-order valence-corrected chi connectivity index (χ1v) is 3.91. The van der Waals surface area contributed by atoms with Crippen molar-refractivity contribution in [1.29, 1.82) is 0 Å². The van der Waals surface area contributed by atoms with Crippen LogP contribution in [0.15, 0.2) is 6.20 Å². The van der Waals surface area contributed by atoms with Crippen LogP contribution in [0.1, 0.15) is 11.0 Å². The maximum Gasteiger partial charge on any atom is 0.113 e. The summed E-state index contributed by atoms with van der Waals surface area (Å²) in [6, 6.07) is -0.391. The van der Waals surface area contributed by atoms with E-state index >= 15 is 0 Å². The highest BCUT2D eigenvalue weighted by atomic mass is 35.5. The number of hydrogen-bond acceptors (Lipinski definition) is 4. The molecule has 0 aromatic carbocycles. The Bertz CT molecular complexity index is 215. The molecule has 0 aliphatic carbocycles. The van der Waals surface area contributed by atoms with Crippen molar-refractivity contribution in [3.8, 4) is 0 Å². The summed E-state index contributed by atoms with van der Waals surface area (Å²) in [5.41, 5.74) is 5.45. The van der Waals surface area contributed by atoms with Crippen LogP contribution in [0.5, 0.6) is 0 Å². The smallest absolute Gasteiger partial charge is 0.113 e. The molecule has 1 aromatic heterocycles. The van der Waals surface area contributed by atoms with Gasteiger partial charge in [-0.05, 0) is 0 Å². The maximum absolute atomic E-state index is 8.60. The van der Waals surface area contributed by atoms with Crippen molar-refractivity contribution in [2.24, 2.45) is 5.73 Å². The van der Waals surface area contributed by atoms with E-state index in [1.165, 1.54) is 17.5 Å². The quantitative estimate of drug-likeness (QED) is 0.704. The highest BCUT2D eigenvalue weighted by Gasteiger charge is 2.07. The maximum atomic E-state index is 8.60. The topological polar surface area (TPSA) is 59.1 Å². The minimum atomic E-state index is -0.391. The van der Waals surface area contributed by atoms with E-state index < -0.39 is 6.04 Å². The van der Waals surface area contributed by atoms with Crippen molar-refractivity contribution < 1.29 is 5.11 Å². The summed E-state index contributed by atoms with van der Waals surface area (Å²) in [6.45, 7) is -0.0934.